The Kier molecular flexibility index (Phi) is 7.08. The van der Waals surface area contributed by atoms with Gasteiger partial charge in [-0.25, -0.2) is 4.39 Å². The van der Waals surface area contributed by atoms with Crippen LogP contribution in [0, 0.1) is 5.82 Å². The molecule has 0 heterocycles. The Bertz CT molecular complexity index is 384. The van der Waals surface area contributed by atoms with Crippen LogP contribution in [-0.4, -0.2) is 34.4 Å². The van der Waals surface area contributed by atoms with E-state index >= 15 is 0 Å². The molecule has 3 nitrogen and oxygen atoms in total. The van der Waals surface area contributed by atoms with E-state index in [-0.39, 0.29) is 17.3 Å². The summed E-state index contributed by atoms with van der Waals surface area (Å²) < 4.78 is 30.4. The number of aliphatic hydroxyl groups excluding tert-OH is 1. The highest BCUT2D eigenvalue weighted by atomic mass is 32.2. The third kappa shape index (κ3) is 5.25. The molecule has 0 aliphatic rings. The van der Waals surface area contributed by atoms with Crippen LogP contribution in [0.25, 0.3) is 0 Å². The first-order chi connectivity index (χ1) is 8.65. The molecule has 0 aromatic heterocycles. The maximum atomic E-state index is 13.3. The first kappa shape index (κ1) is 15.3. The molecule has 0 radical (unpaired) electrons. The van der Waals surface area contributed by atoms with Crippen LogP contribution in [0.3, 0.4) is 0 Å². The van der Waals surface area contributed by atoms with Crippen LogP contribution in [0.1, 0.15) is 19.8 Å². The van der Waals surface area contributed by atoms with E-state index in [1.807, 2.05) is 6.92 Å². The molecule has 2 unspecified atom stereocenters. The van der Waals surface area contributed by atoms with Crippen molar-refractivity contribution in [3.63, 3.8) is 0 Å². The van der Waals surface area contributed by atoms with Gasteiger partial charge in [-0.3, -0.25) is 4.21 Å². The highest BCUT2D eigenvalue weighted by molar-refractivity contribution is 7.85. The van der Waals surface area contributed by atoms with Crippen LogP contribution >= 0.6 is 0 Å². The van der Waals surface area contributed by atoms with E-state index in [1.165, 1.54) is 12.1 Å². The predicted octanol–water partition coefficient (Wildman–Crippen LogP) is 2.11. The van der Waals surface area contributed by atoms with Gasteiger partial charge in [0.15, 0.2) is 0 Å². The molecule has 0 aliphatic heterocycles. The smallest absolute Gasteiger partial charge is 0.139 e. The molecular weight excluding hydrogens is 255 g/mol. The monoisotopic (exact) mass is 274 g/mol. The molecule has 1 rings (SSSR count). The van der Waals surface area contributed by atoms with Gasteiger partial charge in [0.05, 0.1) is 34.2 Å². The zero-order valence-corrected chi connectivity index (χ0v) is 11.3. The highest BCUT2D eigenvalue weighted by Gasteiger charge is 2.14. The number of hydrogen-bond donors (Lipinski definition) is 1. The van der Waals surface area contributed by atoms with Crippen LogP contribution in [0.2, 0.25) is 0 Å². The molecule has 1 N–H and O–H groups in total. The molecule has 0 aliphatic carbocycles. The minimum Gasteiger partial charge on any atom is -0.390 e. The van der Waals surface area contributed by atoms with Crippen molar-refractivity contribution < 1.29 is 18.4 Å². The Morgan fingerprint density at radius 2 is 2.17 bits per heavy atom. The lowest BCUT2D eigenvalue weighted by Crippen LogP contribution is -2.23. The van der Waals surface area contributed by atoms with Crippen LogP contribution in [-0.2, 0) is 15.5 Å². The average Bonchev–Trinajstić information content (AvgIpc) is 2.35. The predicted molar refractivity (Wildman–Crippen MR) is 69.4 cm³/mol. The minimum absolute atomic E-state index is 0.00689. The summed E-state index contributed by atoms with van der Waals surface area (Å²) in [7, 11) is -1.54. The van der Waals surface area contributed by atoms with Gasteiger partial charge >= 0.3 is 0 Å². The van der Waals surface area contributed by atoms with E-state index in [2.05, 4.69) is 0 Å². The van der Waals surface area contributed by atoms with Crippen molar-refractivity contribution in [3.8, 4) is 0 Å². The Labute approximate surface area is 109 Å². The third-order valence-corrected chi connectivity index (χ3v) is 3.89. The Morgan fingerprint density at radius 3 is 2.83 bits per heavy atom. The zero-order valence-electron chi connectivity index (χ0n) is 10.5. The third-order valence-electron chi connectivity index (χ3n) is 2.38. The van der Waals surface area contributed by atoms with Crippen molar-refractivity contribution in [1.82, 2.24) is 0 Å². The molecule has 0 bridgehead atoms. The second kappa shape index (κ2) is 8.34. The van der Waals surface area contributed by atoms with Crippen molar-refractivity contribution >= 4 is 10.8 Å². The molecule has 102 valence electrons. The highest BCUT2D eigenvalue weighted by Crippen LogP contribution is 2.12. The van der Waals surface area contributed by atoms with Crippen molar-refractivity contribution in [2.75, 3.05) is 19.0 Å². The number of unbranched alkanes of at least 4 members (excludes halogenated alkanes) is 1. The normalized spacial score (nSPS) is 14.4. The molecule has 0 saturated carbocycles. The van der Waals surface area contributed by atoms with Crippen LogP contribution in [0.5, 0.6) is 0 Å². The number of ether oxygens (including phenoxy) is 1. The first-order valence-corrected chi connectivity index (χ1v) is 7.35. The fraction of sp³-hybridized carbons (Fsp3) is 0.538. The van der Waals surface area contributed by atoms with Crippen LogP contribution in [0.15, 0.2) is 29.2 Å². The van der Waals surface area contributed by atoms with Gasteiger partial charge in [0.2, 0.25) is 0 Å². The van der Waals surface area contributed by atoms with Crippen molar-refractivity contribution in [3.05, 3.63) is 30.1 Å². The molecular formula is C13H19FO3S. The van der Waals surface area contributed by atoms with E-state index in [1.54, 1.807) is 12.1 Å². The molecule has 0 saturated heterocycles. The van der Waals surface area contributed by atoms with E-state index < -0.39 is 22.7 Å². The van der Waals surface area contributed by atoms with E-state index in [4.69, 9.17) is 4.74 Å². The van der Waals surface area contributed by atoms with Crippen molar-refractivity contribution in [2.24, 2.45) is 0 Å². The van der Waals surface area contributed by atoms with Gasteiger partial charge in [0.1, 0.15) is 5.82 Å². The number of halogens is 1. The molecule has 1 aromatic rings. The molecule has 18 heavy (non-hydrogen) atoms. The lowest BCUT2D eigenvalue weighted by Gasteiger charge is -2.11. The Hall–Kier alpha value is -0.780. The number of benzene rings is 1. The van der Waals surface area contributed by atoms with Gasteiger partial charge < -0.3 is 9.84 Å². The van der Waals surface area contributed by atoms with E-state index in [9.17, 15) is 13.7 Å². The van der Waals surface area contributed by atoms with Gasteiger partial charge in [-0.05, 0) is 18.6 Å². The number of hydrogen-bond acceptors (Lipinski definition) is 3. The Balaban J connectivity index is 2.38. The number of aliphatic hydroxyl groups is 1. The van der Waals surface area contributed by atoms with Crippen LogP contribution < -0.4 is 0 Å². The first-order valence-electron chi connectivity index (χ1n) is 6.03. The molecule has 0 spiro atoms. The fourth-order valence-corrected chi connectivity index (χ4v) is 2.55. The summed E-state index contributed by atoms with van der Waals surface area (Å²) in [6.45, 7) is 2.77. The van der Waals surface area contributed by atoms with E-state index in [0.717, 1.165) is 12.8 Å². The Morgan fingerprint density at radius 1 is 1.44 bits per heavy atom. The summed E-state index contributed by atoms with van der Waals surface area (Å²) in [4.78, 5) is 0.130. The molecule has 1 aromatic carbocycles. The molecule has 0 amide bonds. The van der Waals surface area contributed by atoms with Crippen LogP contribution in [0.4, 0.5) is 4.39 Å². The second-order valence-corrected chi connectivity index (χ2v) is 5.49. The molecule has 5 heteroatoms. The van der Waals surface area contributed by atoms with E-state index in [0.29, 0.717) is 6.61 Å². The lowest BCUT2D eigenvalue weighted by molar-refractivity contribution is 0.0469. The van der Waals surface area contributed by atoms with Gasteiger partial charge in [-0.2, -0.15) is 0 Å². The fourth-order valence-electron chi connectivity index (χ4n) is 1.41. The van der Waals surface area contributed by atoms with Gasteiger partial charge in [0, 0.05) is 6.61 Å². The van der Waals surface area contributed by atoms with Crippen molar-refractivity contribution in [1.29, 1.82) is 0 Å². The second-order valence-electron chi connectivity index (χ2n) is 4.02. The maximum Gasteiger partial charge on any atom is 0.139 e. The molecule has 0 fully saturated rings. The summed E-state index contributed by atoms with van der Waals surface area (Å²) in [5.74, 6) is -0.512. The number of rotatable bonds is 8. The quantitative estimate of drug-likeness (QED) is 0.739. The van der Waals surface area contributed by atoms with Gasteiger partial charge in [0.25, 0.3) is 0 Å². The average molecular weight is 274 g/mol. The zero-order chi connectivity index (χ0) is 13.4. The van der Waals surface area contributed by atoms with Crippen molar-refractivity contribution in [2.45, 2.75) is 30.8 Å². The van der Waals surface area contributed by atoms with Gasteiger partial charge in [-0.15, -0.1) is 0 Å². The maximum absolute atomic E-state index is 13.3. The lowest BCUT2D eigenvalue weighted by atomic mass is 10.3. The minimum atomic E-state index is -1.54. The standard InChI is InChI=1S/C13H19FO3S/c1-2-3-8-17-9-11(15)10-18(16)13-7-5-4-6-12(13)14/h4-7,11,15H,2-3,8-10H2,1H3. The summed E-state index contributed by atoms with van der Waals surface area (Å²) in [6.07, 6.45) is 1.13. The SMILES string of the molecule is CCCCOCC(O)CS(=O)c1ccccc1F. The summed E-state index contributed by atoms with van der Waals surface area (Å²) in [5.41, 5.74) is 0. The largest absolute Gasteiger partial charge is 0.390 e. The summed E-state index contributed by atoms with van der Waals surface area (Å²) in [5, 5.41) is 9.63. The topological polar surface area (TPSA) is 46.5 Å². The molecule has 2 atom stereocenters. The van der Waals surface area contributed by atoms with Gasteiger partial charge in [-0.1, -0.05) is 25.5 Å². The summed E-state index contributed by atoms with van der Waals surface area (Å²) in [6, 6.07) is 5.90. The summed E-state index contributed by atoms with van der Waals surface area (Å²) >= 11 is 0.